The van der Waals surface area contributed by atoms with Crippen molar-refractivity contribution in [2.24, 2.45) is 5.14 Å². The van der Waals surface area contributed by atoms with Crippen molar-refractivity contribution in [3.05, 3.63) is 23.2 Å². The third kappa shape index (κ3) is 2.67. The van der Waals surface area contributed by atoms with E-state index in [1.165, 1.54) is 0 Å². The minimum Gasteiger partial charge on any atom is -0.282 e. The highest BCUT2D eigenvalue weighted by atomic mass is 35.5. The van der Waals surface area contributed by atoms with E-state index in [9.17, 15) is 16.8 Å². The van der Waals surface area contributed by atoms with Crippen molar-refractivity contribution < 1.29 is 21.4 Å². The van der Waals surface area contributed by atoms with Gasteiger partial charge in [0.25, 0.3) is 10.1 Å². The number of hydrogen-bond donors (Lipinski definition) is 2. The van der Waals surface area contributed by atoms with Gasteiger partial charge in [0.15, 0.2) is 0 Å². The van der Waals surface area contributed by atoms with E-state index < -0.39 is 35.0 Å². The van der Waals surface area contributed by atoms with Crippen LogP contribution in [0.2, 0.25) is 5.02 Å². The Morgan fingerprint density at radius 2 is 1.60 bits per heavy atom. The Balaban J connectivity index is 3.65. The number of halogens is 1. The average molecular weight is 272 g/mol. The molecule has 6 nitrogen and oxygen atoms in total. The van der Waals surface area contributed by atoms with Gasteiger partial charge in [-0.1, -0.05) is 17.7 Å². The zero-order chi connectivity index (χ0) is 11.9. The molecule has 0 radical (unpaired) electrons. The van der Waals surface area contributed by atoms with Crippen LogP contribution in [-0.2, 0) is 20.1 Å². The molecule has 1 rings (SSSR count). The summed E-state index contributed by atoms with van der Waals surface area (Å²) < 4.78 is 52.1. The van der Waals surface area contributed by atoms with Gasteiger partial charge in [-0.15, -0.1) is 0 Å². The van der Waals surface area contributed by atoms with Crippen LogP contribution in [0.4, 0.5) is 0 Å². The van der Waals surface area contributed by atoms with Gasteiger partial charge in [0, 0.05) is 0 Å². The number of primary sulfonamides is 1. The summed E-state index contributed by atoms with van der Waals surface area (Å²) >= 11 is 5.48. The van der Waals surface area contributed by atoms with Gasteiger partial charge >= 0.3 is 0 Å². The second-order valence-corrected chi connectivity index (χ2v) is 5.89. The van der Waals surface area contributed by atoms with Crippen molar-refractivity contribution in [3.8, 4) is 0 Å². The molecule has 0 aliphatic heterocycles. The Kier molecular flexibility index (Phi) is 3.08. The van der Waals surface area contributed by atoms with Crippen molar-refractivity contribution >= 4 is 31.7 Å². The Labute approximate surface area is 91.5 Å². The lowest BCUT2D eigenvalue weighted by Crippen LogP contribution is -2.14. The Hall–Kier alpha value is -0.670. The second-order valence-electron chi connectivity index (χ2n) is 2.59. The predicted octanol–water partition coefficient (Wildman–Crippen LogP) is 0.234. The molecule has 0 unspecified atom stereocenters. The van der Waals surface area contributed by atoms with Crippen LogP contribution < -0.4 is 5.14 Å². The van der Waals surface area contributed by atoms with Gasteiger partial charge < -0.3 is 0 Å². The molecule has 0 atom stereocenters. The Morgan fingerprint density at radius 3 is 2.00 bits per heavy atom. The van der Waals surface area contributed by atoms with E-state index in [4.69, 9.17) is 21.3 Å². The zero-order valence-electron chi connectivity index (χ0n) is 7.08. The van der Waals surface area contributed by atoms with Crippen LogP contribution in [0.5, 0.6) is 0 Å². The van der Waals surface area contributed by atoms with Gasteiger partial charge in [0.1, 0.15) is 9.79 Å². The van der Waals surface area contributed by atoms with E-state index in [1.54, 1.807) is 0 Å². The minimum absolute atomic E-state index is 0.556. The first kappa shape index (κ1) is 12.4. The fourth-order valence-corrected chi connectivity index (χ4v) is 2.93. The van der Waals surface area contributed by atoms with E-state index >= 15 is 0 Å². The number of benzene rings is 1. The molecule has 15 heavy (non-hydrogen) atoms. The van der Waals surface area contributed by atoms with Crippen LogP contribution in [0.3, 0.4) is 0 Å². The van der Waals surface area contributed by atoms with Crippen molar-refractivity contribution in [3.63, 3.8) is 0 Å². The second kappa shape index (κ2) is 3.72. The summed E-state index contributed by atoms with van der Waals surface area (Å²) in [5.41, 5.74) is 0. The van der Waals surface area contributed by atoms with Crippen LogP contribution in [0.1, 0.15) is 0 Å². The molecule has 0 heterocycles. The lowest BCUT2D eigenvalue weighted by molar-refractivity contribution is 0.483. The molecule has 0 aliphatic rings. The molecule has 0 aromatic heterocycles. The lowest BCUT2D eigenvalue weighted by atomic mass is 10.4. The number of nitrogens with two attached hydrogens (primary N) is 1. The predicted molar refractivity (Wildman–Crippen MR) is 52.6 cm³/mol. The molecular weight excluding hydrogens is 266 g/mol. The molecule has 0 aliphatic carbocycles. The van der Waals surface area contributed by atoms with Crippen LogP contribution in [-0.4, -0.2) is 21.4 Å². The molecule has 1 aromatic rings. The number of sulfonamides is 1. The first-order chi connectivity index (χ1) is 6.64. The zero-order valence-corrected chi connectivity index (χ0v) is 9.47. The van der Waals surface area contributed by atoms with Crippen LogP contribution in [0, 0.1) is 0 Å². The highest BCUT2D eigenvalue weighted by molar-refractivity contribution is 7.89. The summed E-state index contributed by atoms with van der Waals surface area (Å²) in [6.45, 7) is 0. The van der Waals surface area contributed by atoms with Crippen LogP contribution >= 0.6 is 11.6 Å². The Morgan fingerprint density at radius 1 is 1.13 bits per heavy atom. The highest BCUT2D eigenvalue weighted by Gasteiger charge is 2.21. The van der Waals surface area contributed by atoms with Gasteiger partial charge in [-0.25, -0.2) is 13.6 Å². The fraction of sp³-hybridized carbons (Fsp3) is 0. The number of rotatable bonds is 2. The van der Waals surface area contributed by atoms with Crippen molar-refractivity contribution in [2.45, 2.75) is 9.79 Å². The molecule has 3 N–H and O–H groups in total. The molecular formula is C6H6ClNO5S2. The average Bonchev–Trinajstić information content (AvgIpc) is 1.99. The molecule has 0 fully saturated rings. The normalized spacial score (nSPS) is 12.7. The standard InChI is InChI=1S/C6H6ClNO5S2/c7-6-4(14(8,9)10)2-1-3-5(6)15(11,12)13/h1-3H,(H2,8,9,10)(H,11,12,13). The van der Waals surface area contributed by atoms with Crippen molar-refractivity contribution in [2.75, 3.05) is 0 Å². The molecule has 0 spiro atoms. The molecule has 84 valence electrons. The number of hydrogen-bond acceptors (Lipinski definition) is 4. The molecule has 1 aromatic carbocycles. The van der Waals surface area contributed by atoms with E-state index in [0.29, 0.717) is 0 Å². The van der Waals surface area contributed by atoms with Crippen molar-refractivity contribution in [1.82, 2.24) is 0 Å². The monoisotopic (exact) mass is 271 g/mol. The lowest BCUT2D eigenvalue weighted by Gasteiger charge is -2.04. The topological polar surface area (TPSA) is 115 Å². The van der Waals surface area contributed by atoms with E-state index in [2.05, 4.69) is 0 Å². The maximum Gasteiger partial charge on any atom is 0.296 e. The minimum atomic E-state index is -4.57. The molecule has 9 heteroatoms. The summed E-state index contributed by atoms with van der Waals surface area (Å²) in [7, 11) is -8.69. The van der Waals surface area contributed by atoms with Crippen molar-refractivity contribution in [1.29, 1.82) is 0 Å². The molecule has 0 amide bonds. The van der Waals surface area contributed by atoms with E-state index in [0.717, 1.165) is 18.2 Å². The van der Waals surface area contributed by atoms with E-state index in [-0.39, 0.29) is 0 Å². The summed E-state index contributed by atoms with van der Waals surface area (Å²) in [5, 5.41) is 4.16. The largest absolute Gasteiger partial charge is 0.296 e. The van der Waals surface area contributed by atoms with Gasteiger partial charge in [0.2, 0.25) is 10.0 Å². The van der Waals surface area contributed by atoms with Gasteiger partial charge in [-0.3, -0.25) is 4.55 Å². The van der Waals surface area contributed by atoms with Gasteiger partial charge in [0.05, 0.1) is 5.02 Å². The summed E-state index contributed by atoms with van der Waals surface area (Å²) in [6, 6.07) is 3.10. The van der Waals surface area contributed by atoms with Gasteiger partial charge in [-0.2, -0.15) is 8.42 Å². The highest BCUT2D eigenvalue weighted by Crippen LogP contribution is 2.27. The molecule has 0 bridgehead atoms. The van der Waals surface area contributed by atoms with Gasteiger partial charge in [-0.05, 0) is 12.1 Å². The van der Waals surface area contributed by atoms with Crippen LogP contribution in [0.25, 0.3) is 0 Å². The summed E-state index contributed by atoms with van der Waals surface area (Å²) in [5.74, 6) is 0. The Bertz CT molecular complexity index is 542. The fourth-order valence-electron chi connectivity index (χ4n) is 0.910. The van der Waals surface area contributed by atoms with E-state index in [1.807, 2.05) is 0 Å². The molecule has 0 saturated carbocycles. The third-order valence-corrected chi connectivity index (χ3v) is 3.99. The third-order valence-electron chi connectivity index (χ3n) is 1.51. The first-order valence-corrected chi connectivity index (χ1v) is 6.79. The van der Waals surface area contributed by atoms with Crippen LogP contribution in [0.15, 0.2) is 28.0 Å². The smallest absolute Gasteiger partial charge is 0.282 e. The molecule has 0 saturated heterocycles. The summed E-state index contributed by atoms with van der Waals surface area (Å²) in [6.07, 6.45) is 0. The first-order valence-electron chi connectivity index (χ1n) is 3.43. The summed E-state index contributed by atoms with van der Waals surface area (Å²) in [4.78, 5) is -1.25. The quantitative estimate of drug-likeness (QED) is 0.748. The maximum atomic E-state index is 10.9. The SMILES string of the molecule is NS(=O)(=O)c1cccc(S(=O)(=O)O)c1Cl. The maximum absolute atomic E-state index is 10.9.